The molecule has 2 heterocycles. The summed E-state index contributed by atoms with van der Waals surface area (Å²) >= 11 is 1.60. The van der Waals surface area contributed by atoms with Crippen LogP contribution >= 0.6 is 11.3 Å². The molecule has 40 heavy (non-hydrogen) atoms. The minimum absolute atomic E-state index is 0.0449. The number of rotatable bonds is 15. The molecule has 0 radical (unpaired) electrons. The molecule has 2 amide bonds. The number of ether oxygens (including phenoxy) is 5. The molecular weight excluding hydrogens is 532 g/mol. The summed E-state index contributed by atoms with van der Waals surface area (Å²) in [6.45, 7) is 4.46. The highest BCUT2D eigenvalue weighted by Crippen LogP contribution is 2.33. The fourth-order valence-corrected chi connectivity index (χ4v) is 5.13. The third kappa shape index (κ3) is 7.67. The molecule has 1 aliphatic rings. The van der Waals surface area contributed by atoms with Crippen LogP contribution in [0.3, 0.4) is 0 Å². The standard InChI is InChI=1S/C30H36N2O7S/c1-4-37-15-6-13-32(30(34)23-9-11-26-28(18-23)39-21-38-26)20-29(33)31(19-24-7-5-16-40-24)14-12-22-8-10-25(35-2)27(17-22)36-3/h5,7-11,16-18H,4,6,12-15,19-21H2,1-3H3. The Bertz CT molecular complexity index is 1260. The van der Waals surface area contributed by atoms with E-state index in [-0.39, 0.29) is 25.2 Å². The zero-order valence-corrected chi connectivity index (χ0v) is 24.0. The Hall–Kier alpha value is -3.76. The van der Waals surface area contributed by atoms with Crippen molar-refractivity contribution in [1.82, 2.24) is 9.80 Å². The summed E-state index contributed by atoms with van der Waals surface area (Å²) in [6, 6.07) is 14.8. The highest BCUT2D eigenvalue weighted by molar-refractivity contribution is 7.09. The van der Waals surface area contributed by atoms with Gasteiger partial charge in [0, 0.05) is 36.7 Å². The third-order valence-corrected chi connectivity index (χ3v) is 7.41. The van der Waals surface area contributed by atoms with Gasteiger partial charge in [-0.05, 0) is 67.1 Å². The molecule has 3 aromatic rings. The van der Waals surface area contributed by atoms with Crippen LogP contribution in [0.15, 0.2) is 53.9 Å². The van der Waals surface area contributed by atoms with Gasteiger partial charge >= 0.3 is 0 Å². The number of methoxy groups -OCH3 is 2. The molecule has 10 heteroatoms. The molecule has 1 aliphatic heterocycles. The molecule has 0 saturated carbocycles. The molecule has 214 valence electrons. The van der Waals surface area contributed by atoms with Gasteiger partial charge in [-0.3, -0.25) is 9.59 Å². The molecule has 0 saturated heterocycles. The van der Waals surface area contributed by atoms with Crippen molar-refractivity contribution in [2.24, 2.45) is 0 Å². The first kappa shape index (κ1) is 29.2. The first-order valence-electron chi connectivity index (χ1n) is 13.3. The maximum absolute atomic E-state index is 13.8. The minimum atomic E-state index is -0.237. The lowest BCUT2D eigenvalue weighted by Crippen LogP contribution is -2.44. The topological polar surface area (TPSA) is 86.8 Å². The van der Waals surface area contributed by atoms with Gasteiger partial charge in [0.15, 0.2) is 23.0 Å². The number of carbonyl (C=O) groups is 2. The van der Waals surface area contributed by atoms with E-state index < -0.39 is 0 Å². The number of fused-ring (bicyclic) bond motifs is 1. The number of amides is 2. The number of thiophene rings is 1. The molecule has 2 aromatic carbocycles. The Kier molecular flexibility index (Phi) is 10.7. The Morgan fingerprint density at radius 3 is 2.52 bits per heavy atom. The van der Waals surface area contributed by atoms with E-state index in [4.69, 9.17) is 23.7 Å². The first-order valence-corrected chi connectivity index (χ1v) is 14.2. The lowest BCUT2D eigenvalue weighted by Gasteiger charge is -2.28. The van der Waals surface area contributed by atoms with Crippen LogP contribution in [0, 0.1) is 0 Å². The van der Waals surface area contributed by atoms with Crippen LogP contribution in [-0.2, 0) is 22.5 Å². The maximum atomic E-state index is 13.8. The van der Waals surface area contributed by atoms with E-state index in [9.17, 15) is 9.59 Å². The number of hydrogen-bond acceptors (Lipinski definition) is 8. The molecule has 9 nitrogen and oxygen atoms in total. The fourth-order valence-electron chi connectivity index (χ4n) is 4.41. The predicted molar refractivity (Wildman–Crippen MR) is 153 cm³/mol. The number of carbonyl (C=O) groups excluding carboxylic acids is 2. The van der Waals surface area contributed by atoms with Gasteiger partial charge in [-0.25, -0.2) is 0 Å². The zero-order chi connectivity index (χ0) is 28.3. The van der Waals surface area contributed by atoms with Crippen molar-refractivity contribution in [1.29, 1.82) is 0 Å². The van der Waals surface area contributed by atoms with Gasteiger partial charge < -0.3 is 33.5 Å². The Balaban J connectivity index is 1.50. The van der Waals surface area contributed by atoms with Gasteiger partial charge in [-0.15, -0.1) is 11.3 Å². The van der Waals surface area contributed by atoms with E-state index in [2.05, 4.69) is 0 Å². The summed E-state index contributed by atoms with van der Waals surface area (Å²) in [4.78, 5) is 31.8. The van der Waals surface area contributed by atoms with Crippen molar-refractivity contribution in [2.45, 2.75) is 26.3 Å². The van der Waals surface area contributed by atoms with E-state index >= 15 is 0 Å². The summed E-state index contributed by atoms with van der Waals surface area (Å²) in [7, 11) is 3.20. The highest BCUT2D eigenvalue weighted by atomic mass is 32.1. The number of nitrogens with zero attached hydrogens (tertiary/aromatic N) is 2. The predicted octanol–water partition coefficient (Wildman–Crippen LogP) is 4.63. The summed E-state index contributed by atoms with van der Waals surface area (Å²) in [5.74, 6) is 2.07. The van der Waals surface area contributed by atoms with Crippen molar-refractivity contribution in [3.05, 3.63) is 69.9 Å². The normalized spacial score (nSPS) is 11.8. The van der Waals surface area contributed by atoms with Gasteiger partial charge in [-0.2, -0.15) is 0 Å². The Morgan fingerprint density at radius 1 is 0.950 bits per heavy atom. The lowest BCUT2D eigenvalue weighted by atomic mass is 10.1. The minimum Gasteiger partial charge on any atom is -0.493 e. The Labute approximate surface area is 239 Å². The van der Waals surface area contributed by atoms with Gasteiger partial charge in [0.1, 0.15) is 6.54 Å². The van der Waals surface area contributed by atoms with Crippen LogP contribution < -0.4 is 18.9 Å². The molecule has 0 bridgehead atoms. The summed E-state index contributed by atoms with van der Waals surface area (Å²) in [5.41, 5.74) is 1.47. The molecule has 4 rings (SSSR count). The lowest BCUT2D eigenvalue weighted by molar-refractivity contribution is -0.132. The molecule has 1 aromatic heterocycles. The summed E-state index contributed by atoms with van der Waals surface area (Å²) in [5, 5.41) is 2.00. The zero-order valence-electron chi connectivity index (χ0n) is 23.2. The van der Waals surface area contributed by atoms with Crippen LogP contribution in [0.25, 0.3) is 0 Å². The first-order chi connectivity index (χ1) is 19.5. The SMILES string of the molecule is CCOCCCN(CC(=O)N(CCc1ccc(OC)c(OC)c1)Cc1cccs1)C(=O)c1ccc2c(c1)OCO2. The second kappa shape index (κ2) is 14.6. The van der Waals surface area contributed by atoms with Crippen LogP contribution in [0.1, 0.15) is 34.1 Å². The third-order valence-electron chi connectivity index (χ3n) is 6.55. The molecule has 0 atom stereocenters. The van der Waals surface area contributed by atoms with E-state index in [0.29, 0.717) is 74.3 Å². The van der Waals surface area contributed by atoms with Crippen LogP contribution in [0.4, 0.5) is 0 Å². The van der Waals surface area contributed by atoms with Crippen molar-refractivity contribution in [2.75, 3.05) is 53.9 Å². The van der Waals surface area contributed by atoms with E-state index in [1.165, 1.54) is 0 Å². The molecule has 0 fully saturated rings. The molecular formula is C30H36N2O7S. The second-order valence-electron chi connectivity index (χ2n) is 9.18. The monoisotopic (exact) mass is 568 g/mol. The van der Waals surface area contributed by atoms with Crippen molar-refractivity contribution < 1.29 is 33.3 Å². The van der Waals surface area contributed by atoms with Crippen LogP contribution in [0.5, 0.6) is 23.0 Å². The molecule has 0 spiro atoms. The van der Waals surface area contributed by atoms with Gasteiger partial charge in [0.05, 0.1) is 20.8 Å². The summed E-state index contributed by atoms with van der Waals surface area (Å²) in [6.07, 6.45) is 1.24. The average Bonchev–Trinajstić information content (AvgIpc) is 3.68. The van der Waals surface area contributed by atoms with Gasteiger partial charge in [0.2, 0.25) is 12.7 Å². The number of benzene rings is 2. The quantitative estimate of drug-likeness (QED) is 0.247. The van der Waals surface area contributed by atoms with Crippen molar-refractivity contribution in [3.8, 4) is 23.0 Å². The number of hydrogen-bond donors (Lipinski definition) is 0. The van der Waals surface area contributed by atoms with Crippen molar-refractivity contribution in [3.63, 3.8) is 0 Å². The molecule has 0 aliphatic carbocycles. The molecule has 0 unspecified atom stereocenters. The second-order valence-corrected chi connectivity index (χ2v) is 10.2. The summed E-state index contributed by atoms with van der Waals surface area (Å²) < 4.78 is 27.1. The van der Waals surface area contributed by atoms with Gasteiger partial charge in [0.25, 0.3) is 5.91 Å². The average molecular weight is 569 g/mol. The Morgan fingerprint density at radius 2 is 1.77 bits per heavy atom. The smallest absolute Gasteiger partial charge is 0.254 e. The van der Waals surface area contributed by atoms with Crippen molar-refractivity contribution >= 4 is 23.2 Å². The van der Waals surface area contributed by atoms with Gasteiger partial charge in [-0.1, -0.05) is 12.1 Å². The van der Waals surface area contributed by atoms with Crippen LogP contribution in [0.2, 0.25) is 0 Å². The van der Waals surface area contributed by atoms with E-state index in [0.717, 1.165) is 10.4 Å². The van der Waals surface area contributed by atoms with E-state index in [1.54, 1.807) is 48.7 Å². The largest absolute Gasteiger partial charge is 0.493 e. The fraction of sp³-hybridized carbons (Fsp3) is 0.400. The highest BCUT2D eigenvalue weighted by Gasteiger charge is 2.25. The van der Waals surface area contributed by atoms with Crippen LogP contribution in [-0.4, -0.2) is 75.5 Å². The van der Waals surface area contributed by atoms with E-state index in [1.807, 2.05) is 47.5 Å². The maximum Gasteiger partial charge on any atom is 0.254 e. The molecule has 0 N–H and O–H groups in total.